The average Bonchev–Trinajstić information content (AvgIpc) is 2.69. The molecular formula is C20H24N6O. The van der Waals surface area contributed by atoms with Crippen molar-refractivity contribution in [1.82, 2.24) is 19.9 Å². The Hall–Kier alpha value is -2.93. The first-order chi connectivity index (χ1) is 13.2. The van der Waals surface area contributed by atoms with Gasteiger partial charge >= 0.3 is 0 Å². The lowest BCUT2D eigenvalue weighted by Crippen LogP contribution is -2.35. The zero-order valence-electron chi connectivity index (χ0n) is 15.4. The molecular weight excluding hydrogens is 340 g/mol. The standard InChI is InChI=1S/C20H24N6O/c1-26-8-5-16(6-9-26)27-19-11-18(24-13-25-19)23-12-14-2-3-17-15(10-14)4-7-22-20(17)21/h2-4,7,10-11,13,16H,5-6,8-9,12H2,1H3,(H2,21,22)(H,23,24,25). The Balaban J connectivity index is 1.40. The van der Waals surface area contributed by atoms with E-state index in [4.69, 9.17) is 10.5 Å². The van der Waals surface area contributed by atoms with Crippen molar-refractivity contribution in [2.75, 3.05) is 31.2 Å². The van der Waals surface area contributed by atoms with Crippen LogP contribution >= 0.6 is 0 Å². The lowest BCUT2D eigenvalue weighted by molar-refractivity contribution is 0.110. The second-order valence-electron chi connectivity index (χ2n) is 6.97. The summed E-state index contributed by atoms with van der Waals surface area (Å²) < 4.78 is 6.03. The average molecular weight is 364 g/mol. The van der Waals surface area contributed by atoms with Crippen molar-refractivity contribution in [3.63, 3.8) is 0 Å². The Morgan fingerprint density at radius 1 is 1.15 bits per heavy atom. The van der Waals surface area contributed by atoms with Crippen LogP contribution in [0.25, 0.3) is 10.8 Å². The lowest BCUT2D eigenvalue weighted by atomic mass is 10.1. The first-order valence-electron chi connectivity index (χ1n) is 9.21. The number of hydrogen-bond donors (Lipinski definition) is 2. The van der Waals surface area contributed by atoms with Crippen LogP contribution in [0.1, 0.15) is 18.4 Å². The summed E-state index contributed by atoms with van der Waals surface area (Å²) in [6, 6.07) is 9.99. The van der Waals surface area contributed by atoms with Gasteiger partial charge in [-0.15, -0.1) is 0 Å². The van der Waals surface area contributed by atoms with E-state index < -0.39 is 0 Å². The van der Waals surface area contributed by atoms with Crippen LogP contribution in [-0.2, 0) is 6.54 Å². The number of likely N-dealkylation sites (tertiary alicyclic amines) is 1. The normalized spacial score (nSPS) is 15.7. The summed E-state index contributed by atoms with van der Waals surface area (Å²) in [5, 5.41) is 5.39. The highest BCUT2D eigenvalue weighted by Crippen LogP contribution is 2.21. The van der Waals surface area contributed by atoms with Crippen LogP contribution in [0, 0.1) is 0 Å². The van der Waals surface area contributed by atoms with Crippen LogP contribution in [0.4, 0.5) is 11.6 Å². The number of hydrogen-bond acceptors (Lipinski definition) is 7. The second-order valence-corrected chi connectivity index (χ2v) is 6.97. The maximum Gasteiger partial charge on any atom is 0.218 e. The molecule has 0 amide bonds. The highest BCUT2D eigenvalue weighted by molar-refractivity contribution is 5.91. The van der Waals surface area contributed by atoms with Crippen molar-refractivity contribution in [2.24, 2.45) is 0 Å². The van der Waals surface area contributed by atoms with E-state index in [1.54, 1.807) is 12.5 Å². The number of rotatable bonds is 5. The van der Waals surface area contributed by atoms with Crippen LogP contribution in [0.3, 0.4) is 0 Å². The van der Waals surface area contributed by atoms with Gasteiger partial charge in [0.15, 0.2) is 0 Å². The molecule has 0 radical (unpaired) electrons. The molecule has 0 bridgehead atoms. The van der Waals surface area contributed by atoms with Crippen molar-refractivity contribution in [1.29, 1.82) is 0 Å². The molecule has 140 valence electrons. The van der Waals surface area contributed by atoms with Crippen molar-refractivity contribution >= 4 is 22.4 Å². The van der Waals surface area contributed by atoms with Crippen LogP contribution in [0.15, 0.2) is 42.9 Å². The number of anilines is 2. The molecule has 7 nitrogen and oxygen atoms in total. The van der Waals surface area contributed by atoms with Gasteiger partial charge in [-0.05, 0) is 43.0 Å². The van der Waals surface area contributed by atoms with E-state index in [9.17, 15) is 0 Å². The van der Waals surface area contributed by atoms with Gasteiger partial charge in [-0.2, -0.15) is 0 Å². The van der Waals surface area contributed by atoms with E-state index in [0.29, 0.717) is 18.2 Å². The minimum absolute atomic E-state index is 0.225. The van der Waals surface area contributed by atoms with E-state index in [0.717, 1.165) is 48.1 Å². The zero-order valence-corrected chi connectivity index (χ0v) is 15.4. The van der Waals surface area contributed by atoms with Gasteiger partial charge in [0.25, 0.3) is 0 Å². The molecule has 3 N–H and O–H groups in total. The number of benzene rings is 1. The number of ether oxygens (including phenoxy) is 1. The summed E-state index contributed by atoms with van der Waals surface area (Å²) in [7, 11) is 2.14. The van der Waals surface area contributed by atoms with Gasteiger partial charge in [-0.1, -0.05) is 12.1 Å². The number of piperidine rings is 1. The summed E-state index contributed by atoms with van der Waals surface area (Å²) in [5.74, 6) is 1.93. The number of pyridine rings is 1. The molecule has 1 aromatic carbocycles. The topological polar surface area (TPSA) is 89.2 Å². The number of fused-ring (bicyclic) bond motifs is 1. The molecule has 1 saturated heterocycles. The summed E-state index contributed by atoms with van der Waals surface area (Å²) in [6.45, 7) is 2.77. The van der Waals surface area contributed by atoms with Gasteiger partial charge in [0.05, 0.1) is 0 Å². The van der Waals surface area contributed by atoms with E-state index in [2.05, 4.69) is 38.3 Å². The number of nitrogens with zero attached hydrogens (tertiary/aromatic N) is 4. The van der Waals surface area contributed by atoms with Gasteiger partial charge in [0.2, 0.25) is 5.88 Å². The molecule has 3 aromatic rings. The third kappa shape index (κ3) is 4.25. The maximum atomic E-state index is 6.03. The first kappa shape index (κ1) is 17.5. The second kappa shape index (κ2) is 7.75. The molecule has 0 spiro atoms. The predicted octanol–water partition coefficient (Wildman–Crippen LogP) is 2.69. The third-order valence-corrected chi connectivity index (χ3v) is 4.93. The molecule has 4 rings (SSSR count). The molecule has 3 heterocycles. The minimum Gasteiger partial charge on any atom is -0.474 e. The van der Waals surface area contributed by atoms with E-state index in [1.165, 1.54) is 0 Å². The van der Waals surface area contributed by atoms with Gasteiger partial charge in [-0.25, -0.2) is 15.0 Å². The molecule has 0 aliphatic carbocycles. The van der Waals surface area contributed by atoms with Crippen molar-refractivity contribution in [3.8, 4) is 5.88 Å². The van der Waals surface area contributed by atoms with Crippen LogP contribution in [-0.4, -0.2) is 46.1 Å². The summed E-state index contributed by atoms with van der Waals surface area (Å²) in [6.07, 6.45) is 5.55. The van der Waals surface area contributed by atoms with E-state index in [1.807, 2.05) is 24.3 Å². The molecule has 2 aromatic heterocycles. The van der Waals surface area contributed by atoms with Crippen LogP contribution in [0.5, 0.6) is 5.88 Å². The number of nitrogen functional groups attached to an aromatic ring is 1. The monoisotopic (exact) mass is 364 g/mol. The maximum absolute atomic E-state index is 6.03. The third-order valence-electron chi connectivity index (χ3n) is 4.93. The van der Waals surface area contributed by atoms with Gasteiger partial charge < -0.3 is 20.7 Å². The van der Waals surface area contributed by atoms with Crippen molar-refractivity contribution in [3.05, 3.63) is 48.4 Å². The van der Waals surface area contributed by atoms with Crippen molar-refractivity contribution < 1.29 is 4.74 Å². The summed E-state index contributed by atoms with van der Waals surface area (Å²) in [5.41, 5.74) is 7.06. The van der Waals surface area contributed by atoms with Crippen LogP contribution in [0.2, 0.25) is 0 Å². The fourth-order valence-electron chi connectivity index (χ4n) is 3.33. The molecule has 1 aliphatic heterocycles. The molecule has 0 unspecified atom stereocenters. The van der Waals surface area contributed by atoms with E-state index in [-0.39, 0.29) is 6.10 Å². The smallest absolute Gasteiger partial charge is 0.218 e. The summed E-state index contributed by atoms with van der Waals surface area (Å²) in [4.78, 5) is 15.0. The summed E-state index contributed by atoms with van der Waals surface area (Å²) >= 11 is 0. The Bertz CT molecular complexity index is 923. The molecule has 1 aliphatic rings. The Labute approximate surface area is 158 Å². The molecule has 0 saturated carbocycles. The zero-order chi connectivity index (χ0) is 18.6. The van der Waals surface area contributed by atoms with E-state index >= 15 is 0 Å². The highest BCUT2D eigenvalue weighted by Gasteiger charge is 2.18. The Morgan fingerprint density at radius 3 is 2.85 bits per heavy atom. The Morgan fingerprint density at radius 2 is 2.00 bits per heavy atom. The van der Waals surface area contributed by atoms with Crippen molar-refractivity contribution in [2.45, 2.75) is 25.5 Å². The molecule has 27 heavy (non-hydrogen) atoms. The lowest BCUT2D eigenvalue weighted by Gasteiger charge is -2.28. The number of nitrogens with one attached hydrogen (secondary N) is 1. The quantitative estimate of drug-likeness (QED) is 0.719. The fraction of sp³-hybridized carbons (Fsp3) is 0.350. The first-order valence-corrected chi connectivity index (χ1v) is 9.21. The number of aromatic nitrogens is 3. The highest BCUT2D eigenvalue weighted by atomic mass is 16.5. The molecule has 0 atom stereocenters. The molecule has 7 heteroatoms. The Kier molecular flexibility index (Phi) is 5.02. The van der Waals surface area contributed by atoms with Gasteiger partial charge in [0, 0.05) is 37.3 Å². The van der Waals surface area contributed by atoms with Crippen LogP contribution < -0.4 is 15.8 Å². The molecule has 1 fully saturated rings. The SMILES string of the molecule is CN1CCC(Oc2cc(NCc3ccc4c(N)nccc4c3)ncn2)CC1. The number of nitrogens with two attached hydrogens (primary N) is 1. The largest absolute Gasteiger partial charge is 0.474 e. The van der Waals surface area contributed by atoms with Gasteiger partial charge in [-0.3, -0.25) is 0 Å². The minimum atomic E-state index is 0.225. The fourth-order valence-corrected chi connectivity index (χ4v) is 3.33. The van der Waals surface area contributed by atoms with Gasteiger partial charge in [0.1, 0.15) is 24.1 Å². The predicted molar refractivity (Wildman–Crippen MR) is 107 cm³/mol.